The number of hydrogen-bond donors (Lipinski definition) is 0. The van der Waals surface area contributed by atoms with Crippen LogP contribution in [0.15, 0.2) is 42.6 Å². The molecule has 0 radical (unpaired) electrons. The minimum absolute atomic E-state index is 0.180. The van der Waals surface area contributed by atoms with Crippen LogP contribution < -0.4 is 0 Å². The first-order valence-corrected chi connectivity index (χ1v) is 6.54. The van der Waals surface area contributed by atoms with Crippen molar-refractivity contribution in [3.05, 3.63) is 53.9 Å². The van der Waals surface area contributed by atoms with E-state index in [1.54, 1.807) is 4.68 Å². The molecule has 2 aromatic rings. The minimum atomic E-state index is -0.255. The summed E-state index contributed by atoms with van der Waals surface area (Å²) in [5.41, 5.74) is 2.09. The number of benzene rings is 1. The van der Waals surface area contributed by atoms with Crippen molar-refractivity contribution in [2.75, 3.05) is 0 Å². The molecule has 98 valence electrons. The van der Waals surface area contributed by atoms with Crippen LogP contribution in [0.5, 0.6) is 0 Å². The van der Waals surface area contributed by atoms with Gasteiger partial charge in [0.2, 0.25) is 0 Å². The Bertz CT molecular complexity index is 559. The van der Waals surface area contributed by atoms with Gasteiger partial charge in [-0.25, -0.2) is 0 Å². The Morgan fingerprint density at radius 3 is 2.79 bits per heavy atom. The van der Waals surface area contributed by atoms with Crippen molar-refractivity contribution in [3.63, 3.8) is 0 Å². The fourth-order valence-electron chi connectivity index (χ4n) is 1.98. The summed E-state index contributed by atoms with van der Waals surface area (Å²) < 4.78 is 6.87. The maximum absolute atomic E-state index is 11.7. The number of carbonyl (C=O) groups excluding carboxylic acids is 1. The average Bonchev–Trinajstić information content (AvgIpc) is 3.19. The monoisotopic (exact) mass is 256 g/mol. The normalized spacial score (nSPS) is 14.3. The molecule has 0 spiro atoms. The standard InChI is InChI=1S/C15H16N2O2/c18-15(19-11-12-4-2-1-3-5-12)10-17-9-8-14(16-17)13-6-7-13/h1-5,8-9,13H,6-7,10-11H2. The summed E-state index contributed by atoms with van der Waals surface area (Å²) in [6, 6.07) is 11.7. The second-order valence-electron chi connectivity index (χ2n) is 4.86. The number of nitrogens with zero attached hydrogens (tertiary/aromatic N) is 2. The Hall–Kier alpha value is -2.10. The molecular weight excluding hydrogens is 240 g/mol. The van der Waals surface area contributed by atoms with E-state index in [0.29, 0.717) is 12.5 Å². The molecule has 1 heterocycles. The van der Waals surface area contributed by atoms with Gasteiger partial charge in [-0.2, -0.15) is 5.10 Å². The molecule has 1 fully saturated rings. The molecule has 0 unspecified atom stereocenters. The number of rotatable bonds is 5. The largest absolute Gasteiger partial charge is 0.459 e. The number of esters is 1. The summed E-state index contributed by atoms with van der Waals surface area (Å²) in [4.78, 5) is 11.7. The molecule has 1 aromatic carbocycles. The zero-order chi connectivity index (χ0) is 13.1. The number of hydrogen-bond acceptors (Lipinski definition) is 3. The Morgan fingerprint density at radius 2 is 2.05 bits per heavy atom. The second kappa shape index (κ2) is 5.26. The number of ether oxygens (including phenoxy) is 1. The highest BCUT2D eigenvalue weighted by molar-refractivity contribution is 5.69. The SMILES string of the molecule is O=C(Cn1ccc(C2CC2)n1)OCc1ccccc1. The first-order chi connectivity index (χ1) is 9.31. The van der Waals surface area contributed by atoms with Crippen LogP contribution in [0.3, 0.4) is 0 Å². The van der Waals surface area contributed by atoms with Gasteiger partial charge in [-0.05, 0) is 24.5 Å². The van der Waals surface area contributed by atoms with Crippen LogP contribution in [0.4, 0.5) is 0 Å². The predicted molar refractivity (Wildman–Crippen MR) is 70.4 cm³/mol. The van der Waals surface area contributed by atoms with Crippen molar-refractivity contribution in [1.82, 2.24) is 9.78 Å². The maximum atomic E-state index is 11.7. The summed E-state index contributed by atoms with van der Waals surface area (Å²) >= 11 is 0. The van der Waals surface area contributed by atoms with E-state index in [1.165, 1.54) is 12.8 Å². The van der Waals surface area contributed by atoms with Crippen LogP contribution in [0.25, 0.3) is 0 Å². The first-order valence-electron chi connectivity index (χ1n) is 6.54. The van der Waals surface area contributed by atoms with Crippen molar-refractivity contribution in [1.29, 1.82) is 0 Å². The zero-order valence-corrected chi connectivity index (χ0v) is 10.7. The maximum Gasteiger partial charge on any atom is 0.328 e. The van der Waals surface area contributed by atoms with E-state index in [4.69, 9.17) is 4.74 Å². The van der Waals surface area contributed by atoms with Gasteiger partial charge in [-0.15, -0.1) is 0 Å². The van der Waals surface area contributed by atoms with Gasteiger partial charge in [0.25, 0.3) is 0 Å². The first kappa shape index (κ1) is 12.0. The van der Waals surface area contributed by atoms with Crippen LogP contribution in [-0.4, -0.2) is 15.7 Å². The molecule has 1 aliphatic carbocycles. The fourth-order valence-corrected chi connectivity index (χ4v) is 1.98. The predicted octanol–water partition coefficient (Wildman–Crippen LogP) is 2.50. The third kappa shape index (κ3) is 3.22. The van der Waals surface area contributed by atoms with Crippen LogP contribution in [0.2, 0.25) is 0 Å². The van der Waals surface area contributed by atoms with Gasteiger partial charge in [0.05, 0.1) is 5.69 Å². The third-order valence-corrected chi connectivity index (χ3v) is 3.19. The summed E-state index contributed by atoms with van der Waals surface area (Å²) in [6.45, 7) is 0.496. The van der Waals surface area contributed by atoms with Crippen LogP contribution in [0.1, 0.15) is 30.0 Å². The lowest BCUT2D eigenvalue weighted by molar-refractivity contribution is -0.145. The Kier molecular flexibility index (Phi) is 3.31. The van der Waals surface area contributed by atoms with Gasteiger partial charge in [0, 0.05) is 12.1 Å². The van der Waals surface area contributed by atoms with E-state index in [0.717, 1.165) is 11.3 Å². The van der Waals surface area contributed by atoms with Crippen LogP contribution in [0, 0.1) is 0 Å². The van der Waals surface area contributed by atoms with Crippen molar-refractivity contribution >= 4 is 5.97 Å². The van der Waals surface area contributed by atoms with Gasteiger partial charge < -0.3 is 4.74 Å². The van der Waals surface area contributed by atoms with E-state index >= 15 is 0 Å². The fraction of sp³-hybridized carbons (Fsp3) is 0.333. The lowest BCUT2D eigenvalue weighted by Crippen LogP contribution is -2.14. The smallest absolute Gasteiger partial charge is 0.328 e. The lowest BCUT2D eigenvalue weighted by Gasteiger charge is -2.05. The zero-order valence-electron chi connectivity index (χ0n) is 10.7. The Morgan fingerprint density at radius 1 is 1.26 bits per heavy atom. The highest BCUT2D eigenvalue weighted by atomic mass is 16.5. The Balaban J connectivity index is 1.50. The highest BCUT2D eigenvalue weighted by Crippen LogP contribution is 2.38. The van der Waals surface area contributed by atoms with E-state index in [2.05, 4.69) is 5.10 Å². The molecule has 1 saturated carbocycles. The third-order valence-electron chi connectivity index (χ3n) is 3.19. The van der Waals surface area contributed by atoms with Gasteiger partial charge in [0.1, 0.15) is 13.2 Å². The molecule has 1 aromatic heterocycles. The van der Waals surface area contributed by atoms with Crippen LogP contribution in [-0.2, 0) is 22.7 Å². The molecule has 4 nitrogen and oxygen atoms in total. The molecule has 3 rings (SSSR count). The van der Waals surface area contributed by atoms with Gasteiger partial charge in [0.15, 0.2) is 0 Å². The summed E-state index contributed by atoms with van der Waals surface area (Å²) in [7, 11) is 0. The van der Waals surface area contributed by atoms with Gasteiger partial charge in [-0.1, -0.05) is 30.3 Å². The van der Waals surface area contributed by atoms with E-state index in [9.17, 15) is 4.79 Å². The summed E-state index contributed by atoms with van der Waals surface area (Å²) in [5, 5.41) is 4.38. The second-order valence-corrected chi connectivity index (χ2v) is 4.86. The number of carbonyl (C=O) groups is 1. The summed E-state index contributed by atoms with van der Waals surface area (Å²) in [5.74, 6) is 0.357. The highest BCUT2D eigenvalue weighted by Gasteiger charge is 2.25. The average molecular weight is 256 g/mol. The van der Waals surface area contributed by atoms with Crippen molar-refractivity contribution in [3.8, 4) is 0 Å². The molecule has 1 aliphatic rings. The van der Waals surface area contributed by atoms with Crippen LogP contribution >= 0.6 is 0 Å². The van der Waals surface area contributed by atoms with E-state index < -0.39 is 0 Å². The van der Waals surface area contributed by atoms with E-state index in [-0.39, 0.29) is 12.5 Å². The molecule has 0 N–H and O–H groups in total. The van der Waals surface area contributed by atoms with E-state index in [1.807, 2.05) is 42.6 Å². The van der Waals surface area contributed by atoms with Gasteiger partial charge >= 0.3 is 5.97 Å². The van der Waals surface area contributed by atoms with Crippen molar-refractivity contribution < 1.29 is 9.53 Å². The lowest BCUT2D eigenvalue weighted by atomic mass is 10.2. The molecule has 0 bridgehead atoms. The summed E-state index contributed by atoms with van der Waals surface area (Å²) in [6.07, 6.45) is 4.28. The molecule has 0 amide bonds. The Labute approximate surface area is 112 Å². The van der Waals surface area contributed by atoms with Gasteiger partial charge in [-0.3, -0.25) is 9.48 Å². The molecule has 0 aliphatic heterocycles. The van der Waals surface area contributed by atoms with Crippen molar-refractivity contribution in [2.24, 2.45) is 0 Å². The molecule has 0 saturated heterocycles. The topological polar surface area (TPSA) is 44.1 Å². The molecular formula is C15H16N2O2. The number of aromatic nitrogens is 2. The molecule has 4 heteroatoms. The minimum Gasteiger partial charge on any atom is -0.459 e. The molecule has 0 atom stereocenters. The van der Waals surface area contributed by atoms with Crippen molar-refractivity contribution in [2.45, 2.75) is 31.9 Å². The quantitative estimate of drug-likeness (QED) is 0.772. The molecule has 19 heavy (non-hydrogen) atoms.